The Bertz CT molecular complexity index is 1020. The van der Waals surface area contributed by atoms with Crippen LogP contribution in [0.1, 0.15) is 17.0 Å². The maximum Gasteiger partial charge on any atom is 0.293 e. The molecule has 2 heterocycles. The molecule has 7 nitrogen and oxygen atoms in total. The molecule has 0 amide bonds. The van der Waals surface area contributed by atoms with Crippen molar-refractivity contribution in [3.8, 4) is 0 Å². The molecule has 8 heteroatoms. The molecule has 152 valence electrons. The van der Waals surface area contributed by atoms with Gasteiger partial charge in [-0.2, -0.15) is 4.73 Å². The Morgan fingerprint density at radius 3 is 2.86 bits per heavy atom. The van der Waals surface area contributed by atoms with Crippen LogP contribution in [0.4, 0.5) is 5.82 Å². The smallest absolute Gasteiger partial charge is 0.293 e. The monoisotopic (exact) mass is 413 g/mol. The minimum atomic E-state index is -0.169. The number of anilines is 1. The third-order valence-electron chi connectivity index (χ3n) is 4.56. The van der Waals surface area contributed by atoms with E-state index in [-0.39, 0.29) is 5.56 Å². The van der Waals surface area contributed by atoms with Gasteiger partial charge in [-0.15, -0.1) is 0 Å². The summed E-state index contributed by atoms with van der Waals surface area (Å²) in [6.45, 7) is 4.15. The zero-order valence-corrected chi connectivity index (χ0v) is 17.0. The number of pyridine rings is 1. The van der Waals surface area contributed by atoms with Crippen LogP contribution < -0.4 is 20.9 Å². The number of aromatic nitrogens is 3. The summed E-state index contributed by atoms with van der Waals surface area (Å²) in [6.07, 6.45) is 3.64. The quantitative estimate of drug-likeness (QED) is 0.319. The fraction of sp³-hybridized carbons (Fsp3) is 0.286. The van der Waals surface area contributed by atoms with E-state index in [9.17, 15) is 10.0 Å². The molecule has 2 N–H and O–H groups in total. The molecule has 0 aliphatic carbocycles. The zero-order chi connectivity index (χ0) is 20.6. The molecule has 0 saturated carbocycles. The van der Waals surface area contributed by atoms with E-state index in [1.807, 2.05) is 37.3 Å². The van der Waals surface area contributed by atoms with Crippen LogP contribution in [-0.4, -0.2) is 22.6 Å². The van der Waals surface area contributed by atoms with Crippen LogP contribution >= 0.6 is 11.6 Å². The van der Waals surface area contributed by atoms with Gasteiger partial charge in [0.1, 0.15) is 0 Å². The molecule has 0 bridgehead atoms. The van der Waals surface area contributed by atoms with E-state index in [0.717, 1.165) is 16.0 Å². The van der Waals surface area contributed by atoms with E-state index < -0.39 is 0 Å². The molecule has 0 radical (unpaired) electrons. The molecule has 0 fully saturated rings. The second kappa shape index (κ2) is 10.0. The van der Waals surface area contributed by atoms with Crippen molar-refractivity contribution < 1.29 is 4.73 Å². The van der Waals surface area contributed by atoms with E-state index >= 15 is 0 Å². The Kier molecular flexibility index (Phi) is 7.21. The average molecular weight is 414 g/mol. The van der Waals surface area contributed by atoms with Crippen molar-refractivity contribution in [2.24, 2.45) is 0 Å². The molecular formula is C21H24ClN5O2. The Balaban J connectivity index is 1.55. The van der Waals surface area contributed by atoms with Crippen molar-refractivity contribution in [2.75, 3.05) is 18.4 Å². The minimum absolute atomic E-state index is 0.169. The van der Waals surface area contributed by atoms with Crippen molar-refractivity contribution in [3.63, 3.8) is 0 Å². The summed E-state index contributed by atoms with van der Waals surface area (Å²) in [5, 5.41) is 18.8. The largest absolute Gasteiger partial charge is 0.619 e. The highest BCUT2D eigenvalue weighted by molar-refractivity contribution is 6.30. The summed E-state index contributed by atoms with van der Waals surface area (Å²) in [6, 6.07) is 12.9. The van der Waals surface area contributed by atoms with Crippen LogP contribution in [0.25, 0.3) is 0 Å². The SMILES string of the molecule is Cc1cnc(NCCc2cccc[n+]2[O-])c(=O)n1CCNCc1cccc(Cl)c1. The number of nitrogens with one attached hydrogen (secondary N) is 2. The van der Waals surface area contributed by atoms with Crippen molar-refractivity contribution in [2.45, 2.75) is 26.4 Å². The van der Waals surface area contributed by atoms with E-state index in [2.05, 4.69) is 15.6 Å². The number of benzene rings is 1. The van der Waals surface area contributed by atoms with Crippen LogP contribution in [0.5, 0.6) is 0 Å². The van der Waals surface area contributed by atoms with Crippen LogP contribution in [-0.2, 0) is 19.5 Å². The first-order valence-corrected chi connectivity index (χ1v) is 9.85. The molecule has 2 aromatic heterocycles. The van der Waals surface area contributed by atoms with E-state index in [1.54, 1.807) is 22.9 Å². The molecule has 0 atom stereocenters. The first-order valence-electron chi connectivity index (χ1n) is 9.47. The molecular weight excluding hydrogens is 390 g/mol. The summed E-state index contributed by atoms with van der Waals surface area (Å²) < 4.78 is 2.52. The molecule has 0 aliphatic rings. The standard InChI is InChI=1S/C21H24ClN5O2/c1-16-14-25-20(24-9-8-19-7-2-3-11-27(19)29)21(28)26(16)12-10-23-15-17-5-4-6-18(22)13-17/h2-7,11,13-14,23H,8-10,12,15H2,1H3,(H,24,25). The van der Waals surface area contributed by atoms with E-state index in [4.69, 9.17) is 11.6 Å². The third-order valence-corrected chi connectivity index (χ3v) is 4.80. The number of aryl methyl sites for hydroxylation is 1. The Morgan fingerprint density at radius 2 is 2.07 bits per heavy atom. The van der Waals surface area contributed by atoms with E-state index in [0.29, 0.717) is 49.1 Å². The molecule has 29 heavy (non-hydrogen) atoms. The molecule has 0 aliphatic heterocycles. The highest BCUT2D eigenvalue weighted by atomic mass is 35.5. The molecule has 0 spiro atoms. The summed E-state index contributed by atoms with van der Waals surface area (Å²) in [4.78, 5) is 16.9. The summed E-state index contributed by atoms with van der Waals surface area (Å²) in [5.41, 5.74) is 2.36. The lowest BCUT2D eigenvalue weighted by Crippen LogP contribution is -2.33. The van der Waals surface area contributed by atoms with Crippen molar-refractivity contribution in [3.05, 3.63) is 92.4 Å². The molecule has 0 saturated heterocycles. The van der Waals surface area contributed by atoms with Gasteiger partial charge in [-0.3, -0.25) is 4.79 Å². The lowest BCUT2D eigenvalue weighted by Gasteiger charge is -2.13. The summed E-state index contributed by atoms with van der Waals surface area (Å²) >= 11 is 6.00. The number of halogens is 1. The number of nitrogens with zero attached hydrogens (tertiary/aromatic N) is 3. The van der Waals surface area contributed by atoms with Gasteiger partial charge in [0.25, 0.3) is 5.56 Å². The van der Waals surface area contributed by atoms with Gasteiger partial charge in [-0.25, -0.2) is 4.98 Å². The maximum atomic E-state index is 12.7. The predicted molar refractivity (Wildman–Crippen MR) is 114 cm³/mol. The lowest BCUT2D eigenvalue weighted by molar-refractivity contribution is -0.613. The van der Waals surface area contributed by atoms with Gasteiger partial charge in [-0.1, -0.05) is 29.8 Å². The number of hydrogen-bond acceptors (Lipinski definition) is 5. The fourth-order valence-electron chi connectivity index (χ4n) is 3.01. The van der Waals surface area contributed by atoms with Gasteiger partial charge in [0.2, 0.25) is 0 Å². The third kappa shape index (κ3) is 5.79. The zero-order valence-electron chi connectivity index (χ0n) is 16.3. The Morgan fingerprint density at radius 1 is 1.21 bits per heavy atom. The maximum absolute atomic E-state index is 12.7. The van der Waals surface area contributed by atoms with Gasteiger partial charge < -0.3 is 20.4 Å². The molecule has 3 aromatic rings. The van der Waals surface area contributed by atoms with Gasteiger partial charge in [0, 0.05) is 55.2 Å². The topological polar surface area (TPSA) is 85.9 Å². The molecule has 1 aromatic carbocycles. The van der Waals surface area contributed by atoms with Crippen molar-refractivity contribution in [1.29, 1.82) is 0 Å². The molecule has 0 unspecified atom stereocenters. The van der Waals surface area contributed by atoms with Gasteiger partial charge in [0.15, 0.2) is 17.7 Å². The first-order chi connectivity index (χ1) is 14.0. The van der Waals surface area contributed by atoms with Gasteiger partial charge in [-0.05, 0) is 24.6 Å². The fourth-order valence-corrected chi connectivity index (χ4v) is 3.22. The van der Waals surface area contributed by atoms with Crippen molar-refractivity contribution >= 4 is 17.4 Å². The average Bonchev–Trinajstić information content (AvgIpc) is 2.70. The van der Waals surface area contributed by atoms with Crippen LogP contribution in [0, 0.1) is 12.1 Å². The summed E-state index contributed by atoms with van der Waals surface area (Å²) in [7, 11) is 0. The second-order valence-corrected chi connectivity index (χ2v) is 7.14. The summed E-state index contributed by atoms with van der Waals surface area (Å²) in [5.74, 6) is 0.291. The van der Waals surface area contributed by atoms with Gasteiger partial charge in [0.05, 0.1) is 6.42 Å². The van der Waals surface area contributed by atoms with Crippen LogP contribution in [0.15, 0.2) is 59.7 Å². The van der Waals surface area contributed by atoms with Crippen molar-refractivity contribution in [1.82, 2.24) is 14.9 Å². The Labute approximate surface area is 174 Å². The molecule has 3 rings (SSSR count). The Hall–Kier alpha value is -2.90. The normalized spacial score (nSPS) is 10.8. The minimum Gasteiger partial charge on any atom is -0.619 e. The van der Waals surface area contributed by atoms with Gasteiger partial charge >= 0.3 is 0 Å². The highest BCUT2D eigenvalue weighted by Crippen LogP contribution is 2.10. The van der Waals surface area contributed by atoms with E-state index in [1.165, 1.54) is 6.20 Å². The second-order valence-electron chi connectivity index (χ2n) is 6.71. The highest BCUT2D eigenvalue weighted by Gasteiger charge is 2.09. The first kappa shape index (κ1) is 20.8. The number of hydrogen-bond donors (Lipinski definition) is 2. The van der Waals surface area contributed by atoms with Crippen LogP contribution in [0.3, 0.4) is 0 Å². The van der Waals surface area contributed by atoms with Crippen LogP contribution in [0.2, 0.25) is 5.02 Å². The number of rotatable bonds is 9. The predicted octanol–water partition coefficient (Wildman–Crippen LogP) is 2.28. The lowest BCUT2D eigenvalue weighted by atomic mass is 10.2.